The number of carbonyl (C=O) groups is 1. The lowest BCUT2D eigenvalue weighted by molar-refractivity contribution is -0.137. The summed E-state index contributed by atoms with van der Waals surface area (Å²) in [4.78, 5) is 14.2. The van der Waals surface area contributed by atoms with Crippen molar-refractivity contribution in [3.8, 4) is 0 Å². The summed E-state index contributed by atoms with van der Waals surface area (Å²) >= 11 is 0. The molecular formula is C16H22FN3O4S. The van der Waals surface area contributed by atoms with Crippen LogP contribution in [0.4, 0.5) is 4.39 Å². The highest BCUT2D eigenvalue weighted by Gasteiger charge is 2.31. The molecule has 9 heteroatoms. The number of sulfonamides is 1. The molecule has 0 saturated carbocycles. The zero-order valence-corrected chi connectivity index (χ0v) is 14.6. The van der Waals surface area contributed by atoms with Gasteiger partial charge in [-0.25, -0.2) is 17.5 Å². The first-order chi connectivity index (χ1) is 12.0. The highest BCUT2D eigenvalue weighted by atomic mass is 32.2. The molecule has 7 nitrogen and oxygen atoms in total. The molecule has 2 aliphatic rings. The summed E-state index contributed by atoms with van der Waals surface area (Å²) < 4.78 is 45.6. The van der Waals surface area contributed by atoms with Crippen molar-refractivity contribution in [2.75, 3.05) is 32.8 Å². The van der Waals surface area contributed by atoms with Crippen molar-refractivity contribution in [2.24, 2.45) is 0 Å². The second-order valence-corrected chi connectivity index (χ2v) is 7.97. The minimum Gasteiger partial charge on any atom is -0.378 e. The fourth-order valence-electron chi connectivity index (χ4n) is 3.06. The number of nitrogens with zero attached hydrogens (tertiary/aromatic N) is 1. The molecule has 2 fully saturated rings. The van der Waals surface area contributed by atoms with Crippen LogP contribution in [0.3, 0.4) is 0 Å². The quantitative estimate of drug-likeness (QED) is 0.783. The molecule has 1 amide bonds. The van der Waals surface area contributed by atoms with E-state index in [1.54, 1.807) is 4.90 Å². The molecule has 138 valence electrons. The van der Waals surface area contributed by atoms with Gasteiger partial charge in [0.1, 0.15) is 11.9 Å². The molecule has 0 bridgehead atoms. The molecule has 1 atom stereocenters. The molecule has 0 spiro atoms. The van der Waals surface area contributed by atoms with Crippen LogP contribution in [0.1, 0.15) is 12.8 Å². The number of halogens is 1. The van der Waals surface area contributed by atoms with Crippen molar-refractivity contribution >= 4 is 15.9 Å². The number of rotatable bonds is 4. The Morgan fingerprint density at radius 1 is 1.24 bits per heavy atom. The molecule has 1 aromatic rings. The molecule has 25 heavy (non-hydrogen) atoms. The first-order valence-corrected chi connectivity index (χ1v) is 9.82. The zero-order chi connectivity index (χ0) is 17.9. The number of morpholine rings is 1. The Bertz CT molecular complexity index is 697. The summed E-state index contributed by atoms with van der Waals surface area (Å²) in [5.41, 5.74) is 0. The number of hydrogen-bond donors (Lipinski definition) is 2. The third kappa shape index (κ3) is 4.55. The van der Waals surface area contributed by atoms with E-state index in [2.05, 4.69) is 10.0 Å². The van der Waals surface area contributed by atoms with Gasteiger partial charge in [-0.1, -0.05) is 0 Å². The third-order valence-electron chi connectivity index (χ3n) is 4.47. The fraction of sp³-hybridized carbons (Fsp3) is 0.562. The number of nitrogens with one attached hydrogen (secondary N) is 2. The lowest BCUT2D eigenvalue weighted by atomic mass is 10.1. The van der Waals surface area contributed by atoms with Crippen LogP contribution in [0.5, 0.6) is 0 Å². The van der Waals surface area contributed by atoms with Crippen molar-refractivity contribution in [3.05, 3.63) is 30.1 Å². The summed E-state index contributed by atoms with van der Waals surface area (Å²) in [6.45, 7) is 2.62. The van der Waals surface area contributed by atoms with Crippen molar-refractivity contribution in [1.29, 1.82) is 0 Å². The molecule has 0 aromatic heterocycles. The van der Waals surface area contributed by atoms with E-state index in [9.17, 15) is 17.6 Å². The van der Waals surface area contributed by atoms with Crippen LogP contribution in [0, 0.1) is 5.82 Å². The molecule has 1 aromatic carbocycles. The van der Waals surface area contributed by atoms with Crippen LogP contribution in [-0.2, 0) is 19.6 Å². The van der Waals surface area contributed by atoms with E-state index in [0.29, 0.717) is 45.7 Å². The number of likely N-dealkylation sites (tertiary alicyclic amines) is 1. The topological polar surface area (TPSA) is 87.7 Å². The van der Waals surface area contributed by atoms with Crippen molar-refractivity contribution in [1.82, 2.24) is 14.9 Å². The number of carbonyl (C=O) groups excluding carboxylic acids is 1. The molecule has 2 heterocycles. The Hall–Kier alpha value is -1.55. The molecule has 2 aliphatic heterocycles. The van der Waals surface area contributed by atoms with Crippen LogP contribution >= 0.6 is 0 Å². The van der Waals surface area contributed by atoms with E-state index in [1.807, 2.05) is 0 Å². The average Bonchev–Trinajstić information content (AvgIpc) is 2.62. The molecule has 1 unspecified atom stereocenters. The van der Waals surface area contributed by atoms with Gasteiger partial charge in [0.05, 0.1) is 18.1 Å². The highest BCUT2D eigenvalue weighted by Crippen LogP contribution is 2.16. The Kier molecular flexibility index (Phi) is 5.67. The van der Waals surface area contributed by atoms with Crippen LogP contribution in [0.15, 0.2) is 29.2 Å². The second-order valence-electron chi connectivity index (χ2n) is 6.26. The largest absolute Gasteiger partial charge is 0.378 e. The van der Waals surface area contributed by atoms with Gasteiger partial charge in [-0.05, 0) is 37.1 Å². The minimum absolute atomic E-state index is 0.000424. The molecule has 0 aliphatic carbocycles. The SMILES string of the molecule is O=C(C1COCCN1)N1CCC(NS(=O)(=O)c2ccc(F)cc2)CC1. The van der Waals surface area contributed by atoms with Gasteiger partial charge in [0.15, 0.2) is 0 Å². The zero-order valence-electron chi connectivity index (χ0n) is 13.8. The summed E-state index contributed by atoms with van der Waals surface area (Å²) in [6, 6.07) is 4.16. The van der Waals surface area contributed by atoms with Gasteiger partial charge in [-0.2, -0.15) is 0 Å². The number of piperidine rings is 1. The molecule has 2 N–H and O–H groups in total. The predicted octanol–water partition coefficient (Wildman–Crippen LogP) is 0.0834. The van der Waals surface area contributed by atoms with E-state index in [1.165, 1.54) is 12.1 Å². The Morgan fingerprint density at radius 2 is 1.92 bits per heavy atom. The third-order valence-corrected chi connectivity index (χ3v) is 6.01. The van der Waals surface area contributed by atoms with Crippen molar-refractivity contribution in [2.45, 2.75) is 29.8 Å². The van der Waals surface area contributed by atoms with E-state index in [-0.39, 0.29) is 22.9 Å². The number of benzene rings is 1. The molecular weight excluding hydrogens is 349 g/mol. The van der Waals surface area contributed by atoms with Gasteiger partial charge in [0.25, 0.3) is 0 Å². The highest BCUT2D eigenvalue weighted by molar-refractivity contribution is 7.89. The molecule has 0 radical (unpaired) electrons. The molecule has 3 rings (SSSR count). The van der Waals surface area contributed by atoms with Gasteiger partial charge >= 0.3 is 0 Å². The van der Waals surface area contributed by atoms with Crippen molar-refractivity contribution < 1.29 is 22.3 Å². The van der Waals surface area contributed by atoms with E-state index in [4.69, 9.17) is 4.74 Å². The van der Waals surface area contributed by atoms with Gasteiger partial charge in [-0.3, -0.25) is 4.79 Å². The maximum Gasteiger partial charge on any atom is 0.242 e. The van der Waals surface area contributed by atoms with Gasteiger partial charge in [-0.15, -0.1) is 0 Å². The fourth-order valence-corrected chi connectivity index (χ4v) is 4.37. The second kappa shape index (κ2) is 7.77. The first-order valence-electron chi connectivity index (χ1n) is 8.33. The monoisotopic (exact) mass is 371 g/mol. The normalized spacial score (nSPS) is 22.8. The van der Waals surface area contributed by atoms with Gasteiger partial charge in [0, 0.05) is 25.7 Å². The van der Waals surface area contributed by atoms with Crippen molar-refractivity contribution in [3.63, 3.8) is 0 Å². The number of ether oxygens (including phenoxy) is 1. The lowest BCUT2D eigenvalue weighted by Gasteiger charge is -2.35. The molecule has 2 saturated heterocycles. The van der Waals surface area contributed by atoms with Crippen LogP contribution in [0.2, 0.25) is 0 Å². The first kappa shape index (κ1) is 18.2. The predicted molar refractivity (Wildman–Crippen MR) is 88.9 cm³/mol. The number of amides is 1. The number of hydrogen-bond acceptors (Lipinski definition) is 5. The van der Waals surface area contributed by atoms with Crippen LogP contribution < -0.4 is 10.0 Å². The van der Waals surface area contributed by atoms with E-state index in [0.717, 1.165) is 12.1 Å². The van der Waals surface area contributed by atoms with Gasteiger partial charge in [0.2, 0.25) is 15.9 Å². The van der Waals surface area contributed by atoms with Crippen LogP contribution in [0.25, 0.3) is 0 Å². The van der Waals surface area contributed by atoms with Gasteiger partial charge < -0.3 is 15.0 Å². The summed E-state index contributed by atoms with van der Waals surface area (Å²) in [5.74, 6) is -0.481. The Morgan fingerprint density at radius 3 is 2.52 bits per heavy atom. The van der Waals surface area contributed by atoms with E-state index >= 15 is 0 Å². The smallest absolute Gasteiger partial charge is 0.242 e. The summed E-state index contributed by atoms with van der Waals surface area (Å²) in [6.07, 6.45) is 1.08. The Labute approximate surface area is 146 Å². The minimum atomic E-state index is -3.69. The maximum atomic E-state index is 12.9. The summed E-state index contributed by atoms with van der Waals surface area (Å²) in [5, 5.41) is 3.13. The maximum absolute atomic E-state index is 12.9. The summed E-state index contributed by atoms with van der Waals surface area (Å²) in [7, 11) is -3.69. The average molecular weight is 371 g/mol. The standard InChI is InChI=1S/C16H22FN3O4S/c17-12-1-3-14(4-2-12)25(22,23)19-13-5-8-20(9-6-13)16(21)15-11-24-10-7-18-15/h1-4,13,15,18-19H,5-11H2. The Balaban J connectivity index is 1.53. The lowest BCUT2D eigenvalue weighted by Crippen LogP contribution is -2.55. The van der Waals surface area contributed by atoms with E-state index < -0.39 is 15.8 Å². The van der Waals surface area contributed by atoms with Crippen LogP contribution in [-0.4, -0.2) is 64.2 Å².